The van der Waals surface area contributed by atoms with E-state index in [2.05, 4.69) is 51.4 Å². The molecule has 292 valence electrons. The molecular formula is C32H30F12N10. The van der Waals surface area contributed by atoms with Crippen LogP contribution in [0.25, 0.3) is 9.69 Å². The van der Waals surface area contributed by atoms with Crippen molar-refractivity contribution in [1.29, 1.82) is 0 Å². The van der Waals surface area contributed by atoms with Crippen molar-refractivity contribution in [1.82, 2.24) is 10.9 Å². The Morgan fingerprint density at radius 2 is 0.981 bits per heavy atom. The SMILES string of the molecule is [C-]#[N+]c1ccc(NC(=NCC)C2(C)CC(C(F)(F)F)=NN2)cc1C(F)(F)F.[C-]#[N+]c1ccc(NC(=NCC)C2(C)CC(C(F)(F)F)=NN2)cc1C(F)(F)F. The van der Waals surface area contributed by atoms with Crippen LogP contribution in [0, 0.1) is 13.1 Å². The van der Waals surface area contributed by atoms with Gasteiger partial charge in [-0.05, 0) is 52.0 Å². The average Bonchev–Trinajstić information content (AvgIpc) is 3.69. The second-order valence-corrected chi connectivity index (χ2v) is 11.9. The van der Waals surface area contributed by atoms with Gasteiger partial charge in [0.05, 0.1) is 24.3 Å². The molecule has 54 heavy (non-hydrogen) atoms. The first-order chi connectivity index (χ1) is 24.8. The number of nitrogens with zero attached hydrogens (tertiary/aromatic N) is 6. The van der Waals surface area contributed by atoms with Gasteiger partial charge in [-0.25, -0.2) is 9.69 Å². The maximum atomic E-state index is 13.1. The van der Waals surface area contributed by atoms with Crippen LogP contribution in [-0.4, -0.2) is 59.6 Å². The number of anilines is 2. The Morgan fingerprint density at radius 3 is 1.22 bits per heavy atom. The van der Waals surface area contributed by atoms with Crippen molar-refractivity contribution in [2.75, 3.05) is 23.7 Å². The number of alkyl halides is 12. The Balaban J connectivity index is 0.000000290. The highest BCUT2D eigenvalue weighted by Gasteiger charge is 2.48. The molecule has 4 N–H and O–H groups in total. The van der Waals surface area contributed by atoms with E-state index in [1.165, 1.54) is 26.0 Å². The van der Waals surface area contributed by atoms with Gasteiger partial charge in [-0.15, -0.1) is 0 Å². The number of hydrogen-bond donors (Lipinski definition) is 4. The zero-order valence-corrected chi connectivity index (χ0v) is 28.5. The molecule has 0 aliphatic carbocycles. The van der Waals surface area contributed by atoms with Crippen molar-refractivity contribution < 1.29 is 52.7 Å². The van der Waals surface area contributed by atoms with Crippen LogP contribution < -0.4 is 21.5 Å². The molecule has 0 radical (unpaired) electrons. The van der Waals surface area contributed by atoms with Gasteiger partial charge in [0.1, 0.15) is 34.2 Å². The molecule has 4 rings (SSSR count). The monoisotopic (exact) mass is 782 g/mol. The summed E-state index contributed by atoms with van der Waals surface area (Å²) in [5, 5.41) is 11.9. The van der Waals surface area contributed by atoms with Gasteiger partial charge in [0.15, 0.2) is 11.4 Å². The maximum absolute atomic E-state index is 13.1. The first-order valence-corrected chi connectivity index (χ1v) is 15.4. The quantitative estimate of drug-likeness (QED) is 0.101. The number of nitrogens with one attached hydrogen (secondary N) is 4. The van der Waals surface area contributed by atoms with Gasteiger partial charge in [0, 0.05) is 37.3 Å². The summed E-state index contributed by atoms with van der Waals surface area (Å²) in [4.78, 5) is 13.8. The number of hydrazone groups is 2. The fourth-order valence-corrected chi connectivity index (χ4v) is 4.98. The Kier molecular flexibility index (Phi) is 12.6. The summed E-state index contributed by atoms with van der Waals surface area (Å²) in [5.74, 6) is 0.0216. The summed E-state index contributed by atoms with van der Waals surface area (Å²) >= 11 is 0. The molecule has 2 aliphatic rings. The van der Waals surface area contributed by atoms with E-state index in [4.69, 9.17) is 13.1 Å². The van der Waals surface area contributed by atoms with Crippen molar-refractivity contribution in [3.63, 3.8) is 0 Å². The van der Waals surface area contributed by atoms with E-state index in [0.29, 0.717) is 0 Å². The smallest absolute Gasteiger partial charge is 0.342 e. The van der Waals surface area contributed by atoms with E-state index < -0.39 is 82.5 Å². The van der Waals surface area contributed by atoms with Crippen LogP contribution >= 0.6 is 0 Å². The Morgan fingerprint density at radius 1 is 0.648 bits per heavy atom. The first-order valence-electron chi connectivity index (χ1n) is 15.4. The second-order valence-electron chi connectivity index (χ2n) is 11.9. The fourth-order valence-electron chi connectivity index (χ4n) is 4.98. The second kappa shape index (κ2) is 15.8. The highest BCUT2D eigenvalue weighted by Crippen LogP contribution is 2.40. The minimum Gasteiger partial charge on any atom is -0.342 e. The lowest BCUT2D eigenvalue weighted by molar-refractivity contribution is -0.137. The van der Waals surface area contributed by atoms with E-state index in [1.54, 1.807) is 13.8 Å². The summed E-state index contributed by atoms with van der Waals surface area (Å²) in [7, 11) is 0. The van der Waals surface area contributed by atoms with Gasteiger partial charge < -0.3 is 10.6 Å². The molecule has 0 bridgehead atoms. The summed E-state index contributed by atoms with van der Waals surface area (Å²) in [6.07, 6.45) is -19.8. The lowest BCUT2D eigenvalue weighted by Crippen LogP contribution is -2.48. The number of rotatable bonds is 6. The van der Waals surface area contributed by atoms with Crippen LogP contribution in [0.5, 0.6) is 0 Å². The van der Waals surface area contributed by atoms with Gasteiger partial charge >= 0.3 is 24.7 Å². The molecule has 0 spiro atoms. The molecule has 2 aromatic carbocycles. The molecule has 0 fully saturated rings. The van der Waals surface area contributed by atoms with Crippen LogP contribution in [0.4, 0.5) is 75.4 Å². The van der Waals surface area contributed by atoms with Crippen molar-refractivity contribution in [3.05, 3.63) is 70.4 Å². The van der Waals surface area contributed by atoms with E-state index in [-0.39, 0.29) is 36.1 Å². The average molecular weight is 783 g/mol. The molecular weight excluding hydrogens is 752 g/mol. The zero-order chi connectivity index (χ0) is 40.9. The molecule has 2 aromatic rings. The minimum absolute atomic E-state index is 0.0108. The largest absolute Gasteiger partial charge is 0.431 e. The molecule has 0 aromatic heterocycles. The van der Waals surface area contributed by atoms with E-state index in [1.807, 2.05) is 0 Å². The molecule has 2 atom stereocenters. The lowest BCUT2D eigenvalue weighted by Gasteiger charge is -2.27. The van der Waals surface area contributed by atoms with Crippen molar-refractivity contribution in [3.8, 4) is 0 Å². The third-order valence-corrected chi connectivity index (χ3v) is 7.62. The highest BCUT2D eigenvalue weighted by atomic mass is 19.4. The third kappa shape index (κ3) is 10.3. The van der Waals surface area contributed by atoms with Crippen LogP contribution in [0.15, 0.2) is 56.6 Å². The molecule has 22 heteroatoms. The van der Waals surface area contributed by atoms with E-state index >= 15 is 0 Å². The van der Waals surface area contributed by atoms with Crippen molar-refractivity contribution in [2.24, 2.45) is 20.2 Å². The standard InChI is InChI=1S/2C16H15F6N5/c2*1-4-24-13(14(2)8-12(26-27-14)16(20,21)22)25-9-5-6-11(23-3)10(7-9)15(17,18)19/h2*5-7,27H,4,8H2,1-2H3,(H,24,25). The number of hydrogen-bond acceptors (Lipinski definition) is 6. The summed E-state index contributed by atoms with van der Waals surface area (Å²) in [5.41, 5.74) is -3.60. The molecule has 2 aliphatic heterocycles. The molecule has 0 saturated carbocycles. The number of benzene rings is 2. The van der Waals surface area contributed by atoms with Gasteiger partial charge in [0.25, 0.3) is 0 Å². The van der Waals surface area contributed by atoms with Crippen molar-refractivity contribution in [2.45, 2.75) is 76.3 Å². The first kappa shape index (κ1) is 42.9. The van der Waals surface area contributed by atoms with Gasteiger partial charge in [-0.1, -0.05) is 12.1 Å². The van der Waals surface area contributed by atoms with Crippen LogP contribution in [-0.2, 0) is 12.4 Å². The van der Waals surface area contributed by atoms with Gasteiger partial charge in [-0.2, -0.15) is 62.9 Å². The third-order valence-electron chi connectivity index (χ3n) is 7.62. The zero-order valence-electron chi connectivity index (χ0n) is 28.5. The molecule has 0 saturated heterocycles. The van der Waals surface area contributed by atoms with Gasteiger partial charge in [-0.3, -0.25) is 20.8 Å². The Labute approximate surface area is 300 Å². The van der Waals surface area contributed by atoms with E-state index in [0.717, 1.165) is 24.3 Å². The summed E-state index contributed by atoms with van der Waals surface area (Å²) < 4.78 is 156. The number of halogens is 12. The number of amidine groups is 2. The maximum Gasteiger partial charge on any atom is 0.431 e. The Hall–Kier alpha value is -5.54. The number of aliphatic imine (C=N–C) groups is 2. The van der Waals surface area contributed by atoms with Crippen LogP contribution in [0.3, 0.4) is 0 Å². The van der Waals surface area contributed by atoms with Crippen LogP contribution in [0.2, 0.25) is 0 Å². The summed E-state index contributed by atoms with van der Waals surface area (Å²) in [6.45, 7) is 20.1. The lowest BCUT2D eigenvalue weighted by atomic mass is 9.94. The van der Waals surface area contributed by atoms with E-state index in [9.17, 15) is 52.7 Å². The molecule has 10 nitrogen and oxygen atoms in total. The molecule has 2 heterocycles. The predicted molar refractivity (Wildman–Crippen MR) is 178 cm³/mol. The molecule has 0 amide bonds. The normalized spacial score (nSPS) is 20.7. The topological polar surface area (TPSA) is 106 Å². The predicted octanol–water partition coefficient (Wildman–Crippen LogP) is 9.51. The Bertz CT molecular complexity index is 1770. The molecule has 2 unspecified atom stereocenters. The minimum atomic E-state index is -4.75. The highest BCUT2D eigenvalue weighted by molar-refractivity contribution is 6.08. The van der Waals surface area contributed by atoms with Crippen LogP contribution in [0.1, 0.15) is 51.7 Å². The summed E-state index contributed by atoms with van der Waals surface area (Å²) in [6, 6.07) is 5.90. The van der Waals surface area contributed by atoms with Gasteiger partial charge in [0.2, 0.25) is 0 Å². The van der Waals surface area contributed by atoms with Crippen molar-refractivity contribution >= 4 is 45.8 Å². The fraction of sp³-hybridized carbons (Fsp3) is 0.438.